The van der Waals surface area contributed by atoms with Gasteiger partial charge in [-0.3, -0.25) is 4.79 Å². The molecule has 10 heteroatoms. The maximum absolute atomic E-state index is 12.4. The van der Waals surface area contributed by atoms with Gasteiger partial charge in [-0.15, -0.1) is 0 Å². The van der Waals surface area contributed by atoms with E-state index in [0.717, 1.165) is 4.31 Å². The molecule has 0 aliphatic carbocycles. The highest BCUT2D eigenvalue weighted by Gasteiger charge is 2.15. The van der Waals surface area contributed by atoms with Crippen molar-refractivity contribution in [1.29, 1.82) is 0 Å². The van der Waals surface area contributed by atoms with Crippen LogP contribution in [0.4, 0.5) is 21.9 Å². The number of nitrogens with one attached hydrogen (secondary N) is 2. The molecule has 0 fully saturated rings. The van der Waals surface area contributed by atoms with E-state index in [1.807, 2.05) is 0 Å². The number of rotatable bonds is 6. The van der Waals surface area contributed by atoms with Crippen molar-refractivity contribution in [3.63, 3.8) is 0 Å². The SMILES string of the molecule is CC(=O)Nc1ccc(N(S)C(=O)Nc2cc(Cl)c(OCCO)c(Cl)c2)cc1. The molecule has 2 rings (SSSR count). The molecule has 144 valence electrons. The van der Waals surface area contributed by atoms with Gasteiger partial charge < -0.3 is 20.5 Å². The van der Waals surface area contributed by atoms with E-state index in [1.54, 1.807) is 24.3 Å². The predicted molar refractivity (Wildman–Crippen MR) is 110 cm³/mol. The Balaban J connectivity index is 2.08. The number of benzene rings is 2. The molecular formula is C17H17Cl2N3O4S. The van der Waals surface area contributed by atoms with Gasteiger partial charge >= 0.3 is 6.03 Å². The van der Waals surface area contributed by atoms with Crippen molar-refractivity contribution in [2.24, 2.45) is 0 Å². The van der Waals surface area contributed by atoms with Crippen LogP contribution in [0.15, 0.2) is 36.4 Å². The second-order valence-corrected chi connectivity index (χ2v) is 6.53. The zero-order valence-corrected chi connectivity index (χ0v) is 16.6. The number of ether oxygens (including phenoxy) is 1. The molecule has 0 aliphatic rings. The third kappa shape index (κ3) is 5.93. The summed E-state index contributed by atoms with van der Waals surface area (Å²) < 4.78 is 6.34. The molecule has 27 heavy (non-hydrogen) atoms. The Labute approximate surface area is 171 Å². The lowest BCUT2D eigenvalue weighted by atomic mass is 10.2. The van der Waals surface area contributed by atoms with Crippen molar-refractivity contribution in [1.82, 2.24) is 0 Å². The van der Waals surface area contributed by atoms with Crippen LogP contribution in [0.5, 0.6) is 5.75 Å². The van der Waals surface area contributed by atoms with Crippen molar-refractivity contribution in [2.75, 3.05) is 28.2 Å². The monoisotopic (exact) mass is 429 g/mol. The lowest BCUT2D eigenvalue weighted by Gasteiger charge is -2.18. The zero-order valence-electron chi connectivity index (χ0n) is 14.2. The van der Waals surface area contributed by atoms with Gasteiger partial charge in [0.2, 0.25) is 5.91 Å². The predicted octanol–water partition coefficient (Wildman–Crippen LogP) is 4.21. The van der Waals surface area contributed by atoms with Crippen molar-refractivity contribution in [3.8, 4) is 5.75 Å². The summed E-state index contributed by atoms with van der Waals surface area (Å²) in [5.41, 5.74) is 1.44. The summed E-state index contributed by atoms with van der Waals surface area (Å²) in [6.45, 7) is 1.27. The van der Waals surface area contributed by atoms with Gasteiger partial charge in [0.05, 0.1) is 22.3 Å². The number of halogens is 2. The summed E-state index contributed by atoms with van der Waals surface area (Å²) in [7, 11) is 0. The van der Waals surface area contributed by atoms with Crippen molar-refractivity contribution in [3.05, 3.63) is 46.4 Å². The largest absolute Gasteiger partial charge is 0.488 e. The molecular weight excluding hydrogens is 413 g/mol. The van der Waals surface area contributed by atoms with Crippen molar-refractivity contribution >= 4 is 65.0 Å². The number of thiol groups is 1. The van der Waals surface area contributed by atoms with Gasteiger partial charge in [0.25, 0.3) is 0 Å². The highest BCUT2D eigenvalue weighted by atomic mass is 35.5. The molecule has 0 spiro atoms. The summed E-state index contributed by atoms with van der Waals surface area (Å²) in [5.74, 6) is 0.0325. The Morgan fingerprint density at radius 3 is 2.22 bits per heavy atom. The number of hydrogen-bond donors (Lipinski definition) is 4. The molecule has 0 bridgehead atoms. The minimum Gasteiger partial charge on any atom is -0.488 e. The Hall–Kier alpha value is -2.13. The van der Waals surface area contributed by atoms with E-state index in [-0.39, 0.29) is 34.9 Å². The number of anilines is 3. The average Bonchev–Trinajstić information content (AvgIpc) is 2.60. The summed E-state index contributed by atoms with van der Waals surface area (Å²) in [6, 6.07) is 8.95. The minimum atomic E-state index is -0.540. The quantitative estimate of drug-likeness (QED) is 0.517. The van der Waals surface area contributed by atoms with Crippen LogP contribution in [0.1, 0.15) is 6.92 Å². The molecule has 0 saturated carbocycles. The average molecular weight is 430 g/mol. The van der Waals surface area contributed by atoms with Crippen LogP contribution >= 0.6 is 36.0 Å². The van der Waals surface area contributed by atoms with Crippen LogP contribution in [0.25, 0.3) is 0 Å². The number of carbonyl (C=O) groups is 2. The van der Waals surface area contributed by atoms with Crippen molar-refractivity contribution in [2.45, 2.75) is 6.92 Å². The summed E-state index contributed by atoms with van der Waals surface area (Å²) >= 11 is 16.4. The smallest absolute Gasteiger partial charge is 0.336 e. The fourth-order valence-electron chi connectivity index (χ4n) is 2.10. The molecule has 0 saturated heterocycles. The Morgan fingerprint density at radius 2 is 1.70 bits per heavy atom. The van der Waals surface area contributed by atoms with E-state index < -0.39 is 6.03 Å². The van der Waals surface area contributed by atoms with E-state index >= 15 is 0 Å². The van der Waals surface area contributed by atoms with Crippen LogP contribution in [0.3, 0.4) is 0 Å². The van der Waals surface area contributed by atoms with Gasteiger partial charge in [0.15, 0.2) is 5.75 Å². The summed E-state index contributed by atoms with van der Waals surface area (Å²) in [4.78, 5) is 23.4. The molecule has 0 aliphatic heterocycles. The third-order valence-electron chi connectivity index (χ3n) is 3.21. The van der Waals surface area contributed by atoms with Gasteiger partial charge in [-0.1, -0.05) is 36.0 Å². The van der Waals surface area contributed by atoms with Crippen LogP contribution < -0.4 is 19.7 Å². The second-order valence-electron chi connectivity index (χ2n) is 5.31. The number of amides is 3. The lowest BCUT2D eigenvalue weighted by Crippen LogP contribution is -2.26. The fourth-order valence-corrected chi connectivity index (χ4v) is 2.88. The first-order chi connectivity index (χ1) is 12.8. The Morgan fingerprint density at radius 1 is 1.11 bits per heavy atom. The molecule has 0 aromatic heterocycles. The van der Waals surface area contributed by atoms with Crippen LogP contribution in [-0.2, 0) is 4.79 Å². The molecule has 0 unspecified atom stereocenters. The number of aliphatic hydroxyl groups is 1. The molecule has 3 N–H and O–H groups in total. The van der Waals surface area contributed by atoms with Gasteiger partial charge in [-0.2, -0.15) is 0 Å². The second kappa shape index (κ2) is 9.70. The lowest BCUT2D eigenvalue weighted by molar-refractivity contribution is -0.114. The van der Waals surface area contributed by atoms with E-state index in [4.69, 9.17) is 33.0 Å². The first-order valence-corrected chi connectivity index (χ1v) is 8.87. The first kappa shape index (κ1) is 21.2. The molecule has 2 aromatic carbocycles. The standard InChI is InChI=1S/C17H17Cl2N3O4S/c1-10(24)20-11-2-4-13(5-3-11)22(27)17(25)21-12-8-14(18)16(15(19)9-12)26-7-6-23/h2-5,8-9,23,27H,6-7H2,1H3,(H,20,24)(H,21,25). The van der Waals surface area contributed by atoms with Gasteiger partial charge in [-0.25, -0.2) is 9.10 Å². The van der Waals surface area contributed by atoms with E-state index in [0.29, 0.717) is 17.1 Å². The van der Waals surface area contributed by atoms with Gasteiger partial charge in [0.1, 0.15) is 6.61 Å². The molecule has 0 radical (unpaired) electrons. The number of hydrogen-bond acceptors (Lipinski definition) is 5. The van der Waals surface area contributed by atoms with Crippen LogP contribution in [-0.4, -0.2) is 30.3 Å². The zero-order chi connectivity index (χ0) is 20.0. The highest BCUT2D eigenvalue weighted by molar-refractivity contribution is 7.82. The van der Waals surface area contributed by atoms with Gasteiger partial charge in [0, 0.05) is 18.3 Å². The number of urea groups is 1. The highest BCUT2D eigenvalue weighted by Crippen LogP contribution is 2.36. The third-order valence-corrected chi connectivity index (χ3v) is 4.19. The van der Waals surface area contributed by atoms with E-state index in [1.165, 1.54) is 19.1 Å². The van der Waals surface area contributed by atoms with Crippen LogP contribution in [0, 0.1) is 0 Å². The maximum Gasteiger partial charge on any atom is 0.336 e. The minimum absolute atomic E-state index is 0.0457. The van der Waals surface area contributed by atoms with Crippen LogP contribution in [0.2, 0.25) is 10.0 Å². The molecule has 0 heterocycles. The Bertz CT molecular complexity index is 810. The molecule has 3 amide bonds. The fraction of sp³-hybridized carbons (Fsp3) is 0.176. The molecule has 7 nitrogen and oxygen atoms in total. The topological polar surface area (TPSA) is 90.9 Å². The molecule has 2 aromatic rings. The number of carbonyl (C=O) groups excluding carboxylic acids is 2. The van der Waals surface area contributed by atoms with E-state index in [9.17, 15) is 9.59 Å². The van der Waals surface area contributed by atoms with E-state index in [2.05, 4.69) is 23.4 Å². The first-order valence-electron chi connectivity index (χ1n) is 7.72. The maximum atomic E-state index is 12.4. The number of aliphatic hydroxyl groups excluding tert-OH is 1. The molecule has 0 atom stereocenters. The Kier molecular flexibility index (Phi) is 7.61. The summed E-state index contributed by atoms with van der Waals surface area (Å²) in [6.07, 6.45) is 0. The van der Waals surface area contributed by atoms with Crippen molar-refractivity contribution < 1.29 is 19.4 Å². The summed E-state index contributed by atoms with van der Waals surface area (Å²) in [5, 5.41) is 14.4. The number of nitrogens with zero attached hydrogens (tertiary/aromatic N) is 1. The normalized spacial score (nSPS) is 10.3. The van der Waals surface area contributed by atoms with Gasteiger partial charge in [-0.05, 0) is 36.4 Å².